The summed E-state index contributed by atoms with van der Waals surface area (Å²) in [4.78, 5) is 31.7. The second-order valence-electron chi connectivity index (χ2n) is 6.48. The maximum absolute atomic E-state index is 12.1. The first-order valence-electron chi connectivity index (χ1n) is 8.90. The third-order valence-corrected chi connectivity index (χ3v) is 4.69. The molecule has 1 aliphatic rings. The van der Waals surface area contributed by atoms with Crippen molar-refractivity contribution in [3.8, 4) is 0 Å². The fraction of sp³-hybridized carbons (Fsp3) is 0.211. The van der Waals surface area contributed by atoms with Gasteiger partial charge in [-0.3, -0.25) is 20.3 Å². The predicted molar refractivity (Wildman–Crippen MR) is 108 cm³/mol. The first-order valence-corrected chi connectivity index (χ1v) is 8.90. The Morgan fingerprint density at radius 2 is 1.82 bits per heavy atom. The highest BCUT2D eigenvalue weighted by atomic mass is 16.6. The minimum atomic E-state index is -0.404. The summed E-state index contributed by atoms with van der Waals surface area (Å²) in [5, 5.41) is 15.1. The number of nitrogens with one attached hydrogen (secondary N) is 2. The van der Waals surface area contributed by atoms with Crippen LogP contribution in [0.5, 0.6) is 0 Å². The van der Waals surface area contributed by atoms with Crippen LogP contribution in [0.15, 0.2) is 58.4 Å². The molecule has 2 heterocycles. The lowest BCUT2D eigenvalue weighted by molar-refractivity contribution is -0.384. The number of nitro groups is 1. The summed E-state index contributed by atoms with van der Waals surface area (Å²) in [5.41, 5.74) is 5.83. The first kappa shape index (κ1) is 17.7. The summed E-state index contributed by atoms with van der Waals surface area (Å²) in [6, 6.07) is 13.9. The zero-order valence-corrected chi connectivity index (χ0v) is 15.0. The number of anilines is 2. The molecule has 142 valence electrons. The molecule has 0 spiro atoms. The number of aromatic nitrogens is 2. The molecule has 4 rings (SSSR count). The topological polar surface area (TPSA) is 117 Å². The summed E-state index contributed by atoms with van der Waals surface area (Å²) in [6.07, 6.45) is 1.46. The number of para-hydroxylation sites is 2. The highest BCUT2D eigenvalue weighted by molar-refractivity contribution is 5.87. The molecule has 3 aromatic rings. The Balaban J connectivity index is 1.41. The number of benzene rings is 2. The Bertz CT molecular complexity index is 1100. The minimum absolute atomic E-state index is 0.0836. The number of hydrogen-bond acceptors (Lipinski definition) is 7. The Labute approximate surface area is 159 Å². The zero-order valence-electron chi connectivity index (χ0n) is 15.0. The van der Waals surface area contributed by atoms with E-state index in [1.54, 1.807) is 18.2 Å². The molecule has 28 heavy (non-hydrogen) atoms. The molecule has 1 saturated heterocycles. The highest BCUT2D eigenvalue weighted by Gasteiger charge is 2.17. The lowest BCUT2D eigenvalue weighted by atomic mass is 10.1. The number of piperidine rings is 1. The SMILES string of the molecule is O=c1[nH]c2ccccc2nc1NN=C1CCN(c2ccc([N+](=O)[O-])cc2)CC1. The van der Waals surface area contributed by atoms with Crippen LogP contribution in [0.4, 0.5) is 17.2 Å². The van der Waals surface area contributed by atoms with Crippen LogP contribution in [-0.4, -0.2) is 33.7 Å². The Hall–Kier alpha value is -3.75. The third kappa shape index (κ3) is 3.68. The first-order chi connectivity index (χ1) is 13.6. The van der Waals surface area contributed by atoms with E-state index in [2.05, 4.69) is 25.4 Å². The molecule has 0 unspecified atom stereocenters. The average Bonchev–Trinajstić information content (AvgIpc) is 2.72. The van der Waals surface area contributed by atoms with Crippen LogP contribution in [0.3, 0.4) is 0 Å². The monoisotopic (exact) mass is 378 g/mol. The van der Waals surface area contributed by atoms with Crippen LogP contribution >= 0.6 is 0 Å². The number of hydrogen-bond donors (Lipinski definition) is 2. The van der Waals surface area contributed by atoms with Crippen molar-refractivity contribution in [2.75, 3.05) is 23.4 Å². The molecule has 2 aromatic carbocycles. The van der Waals surface area contributed by atoms with E-state index in [4.69, 9.17) is 0 Å². The summed E-state index contributed by atoms with van der Waals surface area (Å²) in [7, 11) is 0. The lowest BCUT2D eigenvalue weighted by Crippen LogP contribution is -2.34. The van der Waals surface area contributed by atoms with Gasteiger partial charge >= 0.3 is 0 Å². The van der Waals surface area contributed by atoms with E-state index < -0.39 is 4.92 Å². The van der Waals surface area contributed by atoms with Gasteiger partial charge in [0.05, 0.1) is 16.0 Å². The van der Waals surface area contributed by atoms with Crippen LogP contribution in [-0.2, 0) is 0 Å². The van der Waals surface area contributed by atoms with Gasteiger partial charge in [-0.05, 0) is 24.3 Å². The number of hydrazone groups is 1. The van der Waals surface area contributed by atoms with Crippen molar-refractivity contribution in [3.63, 3.8) is 0 Å². The van der Waals surface area contributed by atoms with Crippen molar-refractivity contribution in [2.24, 2.45) is 5.10 Å². The van der Waals surface area contributed by atoms with Crippen LogP contribution in [0.25, 0.3) is 11.0 Å². The van der Waals surface area contributed by atoms with Gasteiger partial charge in [-0.15, -0.1) is 0 Å². The number of rotatable bonds is 4. The molecule has 2 N–H and O–H groups in total. The summed E-state index contributed by atoms with van der Waals surface area (Å²) >= 11 is 0. The fourth-order valence-corrected chi connectivity index (χ4v) is 3.16. The van der Waals surface area contributed by atoms with Crippen molar-refractivity contribution < 1.29 is 4.92 Å². The van der Waals surface area contributed by atoms with Crippen molar-refractivity contribution in [3.05, 3.63) is 69.0 Å². The second-order valence-corrected chi connectivity index (χ2v) is 6.48. The summed E-state index contributed by atoms with van der Waals surface area (Å²) in [5.74, 6) is 0.170. The van der Waals surface area contributed by atoms with Gasteiger partial charge in [0.2, 0.25) is 5.82 Å². The molecule has 0 radical (unpaired) electrons. The van der Waals surface area contributed by atoms with E-state index in [9.17, 15) is 14.9 Å². The zero-order chi connectivity index (χ0) is 19.5. The quantitative estimate of drug-likeness (QED) is 0.533. The number of nitrogens with zero attached hydrogens (tertiary/aromatic N) is 4. The molecule has 0 atom stereocenters. The molecular weight excluding hydrogens is 360 g/mol. The molecule has 1 fully saturated rings. The van der Waals surface area contributed by atoms with E-state index in [0.717, 1.165) is 37.3 Å². The van der Waals surface area contributed by atoms with E-state index in [-0.39, 0.29) is 17.1 Å². The van der Waals surface area contributed by atoms with Crippen molar-refractivity contribution >= 4 is 33.9 Å². The van der Waals surface area contributed by atoms with Gasteiger partial charge in [-0.1, -0.05) is 12.1 Å². The molecule has 0 saturated carbocycles. The smallest absolute Gasteiger partial charge is 0.293 e. The molecule has 1 aromatic heterocycles. The highest BCUT2D eigenvalue weighted by Crippen LogP contribution is 2.22. The maximum Gasteiger partial charge on any atom is 0.293 e. The second kappa shape index (κ2) is 7.47. The molecule has 0 bridgehead atoms. The standard InChI is InChI=1S/C19H18N6O3/c26-19-18(20-16-3-1-2-4-17(16)21-19)23-22-13-9-11-24(12-10-13)14-5-7-15(8-6-14)25(27)28/h1-8H,9-12H2,(H,20,23)(H,21,26). The van der Waals surface area contributed by atoms with Crippen LogP contribution < -0.4 is 15.9 Å². The number of aromatic amines is 1. The fourth-order valence-electron chi connectivity index (χ4n) is 3.16. The van der Waals surface area contributed by atoms with Gasteiger partial charge < -0.3 is 9.88 Å². The van der Waals surface area contributed by atoms with Crippen molar-refractivity contribution in [1.29, 1.82) is 0 Å². The molecule has 9 nitrogen and oxygen atoms in total. The van der Waals surface area contributed by atoms with Gasteiger partial charge in [0.15, 0.2) is 0 Å². The van der Waals surface area contributed by atoms with Crippen LogP contribution in [0.2, 0.25) is 0 Å². The predicted octanol–water partition coefficient (Wildman–Crippen LogP) is 2.90. The van der Waals surface area contributed by atoms with Gasteiger partial charge in [0.25, 0.3) is 11.2 Å². The Morgan fingerprint density at radius 1 is 1.11 bits per heavy atom. The molecule has 9 heteroatoms. The summed E-state index contributed by atoms with van der Waals surface area (Å²) < 4.78 is 0. The van der Waals surface area contributed by atoms with Crippen LogP contribution in [0, 0.1) is 10.1 Å². The molecule has 1 aliphatic heterocycles. The van der Waals surface area contributed by atoms with E-state index >= 15 is 0 Å². The normalized spacial score (nSPS) is 14.1. The molecule has 0 aliphatic carbocycles. The number of fused-ring (bicyclic) bond motifs is 1. The lowest BCUT2D eigenvalue weighted by Gasteiger charge is -2.29. The van der Waals surface area contributed by atoms with Gasteiger partial charge in [-0.25, -0.2) is 4.98 Å². The third-order valence-electron chi connectivity index (χ3n) is 4.69. The van der Waals surface area contributed by atoms with Crippen molar-refractivity contribution in [1.82, 2.24) is 9.97 Å². The number of H-pyrrole nitrogens is 1. The van der Waals surface area contributed by atoms with Gasteiger partial charge in [-0.2, -0.15) is 5.10 Å². The van der Waals surface area contributed by atoms with E-state index in [1.807, 2.05) is 18.2 Å². The number of nitro benzene ring substituents is 1. The van der Waals surface area contributed by atoms with Gasteiger partial charge in [0.1, 0.15) is 0 Å². The van der Waals surface area contributed by atoms with E-state index in [0.29, 0.717) is 11.0 Å². The van der Waals surface area contributed by atoms with Gasteiger partial charge in [0, 0.05) is 49.5 Å². The Kier molecular flexibility index (Phi) is 4.71. The van der Waals surface area contributed by atoms with E-state index in [1.165, 1.54) is 12.1 Å². The summed E-state index contributed by atoms with van der Waals surface area (Å²) in [6.45, 7) is 1.50. The van der Waals surface area contributed by atoms with Crippen molar-refractivity contribution in [2.45, 2.75) is 12.8 Å². The number of non-ortho nitro benzene ring substituents is 1. The molecule has 0 amide bonds. The average molecular weight is 378 g/mol. The maximum atomic E-state index is 12.1. The molecular formula is C19H18N6O3. The minimum Gasteiger partial charge on any atom is -0.371 e. The Morgan fingerprint density at radius 3 is 2.54 bits per heavy atom. The van der Waals surface area contributed by atoms with Crippen LogP contribution in [0.1, 0.15) is 12.8 Å². The largest absolute Gasteiger partial charge is 0.371 e.